The fraction of sp³-hybridized carbons (Fsp3) is 0.143. The van der Waals surface area contributed by atoms with E-state index in [1.54, 1.807) is 0 Å². The topological polar surface area (TPSA) is 39.2 Å². The second-order valence-electron chi connectivity index (χ2n) is 4.18. The van der Waals surface area contributed by atoms with Crippen molar-refractivity contribution in [2.45, 2.75) is 13.1 Å². The molecular weight excluding hydrogens is 307 g/mol. The molecule has 0 aliphatic rings. The van der Waals surface area contributed by atoms with Gasteiger partial charge in [0.2, 0.25) is 0 Å². The average molecular weight is 316 g/mol. The molecule has 0 radical (unpaired) electrons. The van der Waals surface area contributed by atoms with Crippen LogP contribution in [0.3, 0.4) is 0 Å². The molecule has 2 rings (SSSR count). The molecule has 3 nitrogen and oxygen atoms in total. The number of alkyl halides is 3. The number of ketones is 1. The first-order valence-electron chi connectivity index (χ1n) is 5.79. The summed E-state index contributed by atoms with van der Waals surface area (Å²) in [4.78, 5) is 15.0. The Morgan fingerprint density at radius 2 is 1.86 bits per heavy atom. The van der Waals surface area contributed by atoms with E-state index in [4.69, 9.17) is 16.3 Å². The SMILES string of the molecule is CC(=O)c1ccc(Oc2ccc(Cl)nc2)cc1C(F)(F)F. The molecule has 0 saturated carbocycles. The van der Waals surface area contributed by atoms with Gasteiger partial charge in [0.05, 0.1) is 11.8 Å². The first-order chi connectivity index (χ1) is 9.77. The lowest BCUT2D eigenvalue weighted by atomic mass is 10.0. The molecule has 0 aliphatic carbocycles. The fourth-order valence-electron chi connectivity index (χ4n) is 1.69. The zero-order valence-electron chi connectivity index (χ0n) is 10.7. The molecule has 0 amide bonds. The molecule has 0 N–H and O–H groups in total. The minimum absolute atomic E-state index is 0.0450. The molecule has 21 heavy (non-hydrogen) atoms. The predicted molar refractivity (Wildman–Crippen MR) is 70.8 cm³/mol. The molecule has 1 heterocycles. The molecule has 0 bridgehead atoms. The smallest absolute Gasteiger partial charge is 0.417 e. The maximum Gasteiger partial charge on any atom is 0.417 e. The first kappa shape index (κ1) is 15.3. The highest BCUT2D eigenvalue weighted by Crippen LogP contribution is 2.35. The first-order valence-corrected chi connectivity index (χ1v) is 6.17. The molecule has 0 spiro atoms. The summed E-state index contributed by atoms with van der Waals surface area (Å²) in [6.45, 7) is 1.08. The highest BCUT2D eigenvalue weighted by molar-refractivity contribution is 6.29. The lowest BCUT2D eigenvalue weighted by Crippen LogP contribution is -2.11. The third-order valence-electron chi connectivity index (χ3n) is 2.61. The standard InChI is InChI=1S/C14H9ClF3NO2/c1-8(20)11-4-2-9(6-12(11)14(16,17)18)21-10-3-5-13(15)19-7-10/h2-7H,1H3. The molecule has 0 saturated heterocycles. The van der Waals surface area contributed by atoms with Crippen LogP contribution in [0.5, 0.6) is 11.5 Å². The number of pyridine rings is 1. The van der Waals surface area contributed by atoms with Gasteiger partial charge in [-0.3, -0.25) is 4.79 Å². The highest BCUT2D eigenvalue weighted by atomic mass is 35.5. The van der Waals surface area contributed by atoms with Crippen LogP contribution in [0.25, 0.3) is 0 Å². The summed E-state index contributed by atoms with van der Waals surface area (Å²) >= 11 is 5.60. The number of carbonyl (C=O) groups is 1. The normalized spacial score (nSPS) is 11.3. The Hall–Kier alpha value is -2.08. The molecule has 7 heteroatoms. The zero-order valence-corrected chi connectivity index (χ0v) is 11.5. The van der Waals surface area contributed by atoms with Crippen molar-refractivity contribution in [3.63, 3.8) is 0 Å². The number of hydrogen-bond donors (Lipinski definition) is 0. The molecule has 1 aromatic carbocycles. The molecule has 0 aliphatic heterocycles. The van der Waals surface area contributed by atoms with Crippen LogP contribution in [-0.2, 0) is 6.18 Å². The Labute approximate surface area is 123 Å². The van der Waals surface area contributed by atoms with Crippen LogP contribution >= 0.6 is 11.6 Å². The van der Waals surface area contributed by atoms with Crippen molar-refractivity contribution in [2.75, 3.05) is 0 Å². The molecule has 0 fully saturated rings. The van der Waals surface area contributed by atoms with Crippen LogP contribution in [0.15, 0.2) is 36.5 Å². The summed E-state index contributed by atoms with van der Waals surface area (Å²) in [6.07, 6.45) is -3.35. The second-order valence-corrected chi connectivity index (χ2v) is 4.57. The van der Waals surface area contributed by atoms with Gasteiger partial charge in [0.15, 0.2) is 5.78 Å². The Bertz CT molecular complexity index is 669. The van der Waals surface area contributed by atoms with Crippen LogP contribution in [0.1, 0.15) is 22.8 Å². The van der Waals surface area contributed by atoms with E-state index < -0.39 is 23.1 Å². The van der Waals surface area contributed by atoms with E-state index in [1.165, 1.54) is 24.4 Å². The predicted octanol–water partition coefficient (Wildman–Crippen LogP) is 4.75. The van der Waals surface area contributed by atoms with Crippen LogP contribution in [0.4, 0.5) is 13.2 Å². The molecular formula is C14H9ClF3NO2. The van der Waals surface area contributed by atoms with E-state index in [9.17, 15) is 18.0 Å². The summed E-state index contributed by atoms with van der Waals surface area (Å²) in [7, 11) is 0. The van der Waals surface area contributed by atoms with Crippen LogP contribution in [-0.4, -0.2) is 10.8 Å². The maximum absolute atomic E-state index is 12.9. The van der Waals surface area contributed by atoms with Gasteiger partial charge < -0.3 is 4.74 Å². The van der Waals surface area contributed by atoms with Crippen molar-refractivity contribution in [2.24, 2.45) is 0 Å². The van der Waals surface area contributed by atoms with E-state index >= 15 is 0 Å². The van der Waals surface area contributed by atoms with Gasteiger partial charge in [-0.05, 0) is 37.3 Å². The summed E-state index contributed by atoms with van der Waals surface area (Å²) in [6, 6.07) is 6.09. The van der Waals surface area contributed by atoms with Gasteiger partial charge in [-0.1, -0.05) is 11.6 Å². The molecule has 2 aromatic rings. The fourth-order valence-corrected chi connectivity index (χ4v) is 1.80. The summed E-state index contributed by atoms with van der Waals surface area (Å²) in [5.41, 5.74) is -1.43. The minimum Gasteiger partial charge on any atom is -0.456 e. The Balaban J connectivity index is 2.38. The summed E-state index contributed by atoms with van der Waals surface area (Å²) in [5.74, 6) is -0.471. The Morgan fingerprint density at radius 3 is 2.38 bits per heavy atom. The molecule has 110 valence electrons. The van der Waals surface area contributed by atoms with Crippen molar-refractivity contribution in [3.8, 4) is 11.5 Å². The highest BCUT2D eigenvalue weighted by Gasteiger charge is 2.35. The van der Waals surface area contributed by atoms with Crippen molar-refractivity contribution in [3.05, 3.63) is 52.8 Å². The second kappa shape index (κ2) is 5.73. The van der Waals surface area contributed by atoms with E-state index in [-0.39, 0.29) is 16.7 Å². The monoisotopic (exact) mass is 315 g/mol. The van der Waals surface area contributed by atoms with Crippen LogP contribution in [0, 0.1) is 0 Å². The number of Topliss-reactive ketones (excluding diaryl/α,β-unsaturated/α-hetero) is 1. The van der Waals surface area contributed by atoms with Gasteiger partial charge in [0.1, 0.15) is 16.7 Å². The van der Waals surface area contributed by atoms with Gasteiger partial charge in [-0.15, -0.1) is 0 Å². The van der Waals surface area contributed by atoms with Crippen molar-refractivity contribution < 1.29 is 22.7 Å². The number of aromatic nitrogens is 1. The third kappa shape index (κ3) is 3.72. The molecule has 0 unspecified atom stereocenters. The van der Waals surface area contributed by atoms with E-state index in [0.29, 0.717) is 0 Å². The zero-order chi connectivity index (χ0) is 15.6. The Morgan fingerprint density at radius 1 is 1.19 bits per heavy atom. The van der Waals surface area contributed by atoms with Gasteiger partial charge in [-0.25, -0.2) is 4.98 Å². The minimum atomic E-state index is -4.64. The number of ether oxygens (including phenoxy) is 1. The van der Waals surface area contributed by atoms with Crippen molar-refractivity contribution >= 4 is 17.4 Å². The van der Waals surface area contributed by atoms with E-state index in [1.807, 2.05) is 0 Å². The van der Waals surface area contributed by atoms with Gasteiger partial charge in [-0.2, -0.15) is 13.2 Å². The van der Waals surface area contributed by atoms with Gasteiger partial charge in [0.25, 0.3) is 0 Å². The number of halogens is 4. The van der Waals surface area contributed by atoms with Gasteiger partial charge in [0, 0.05) is 5.56 Å². The Kier molecular flexibility index (Phi) is 4.18. The molecule has 0 atom stereocenters. The molecule has 1 aromatic heterocycles. The number of benzene rings is 1. The van der Waals surface area contributed by atoms with Gasteiger partial charge >= 0.3 is 6.18 Å². The van der Waals surface area contributed by atoms with Crippen molar-refractivity contribution in [1.29, 1.82) is 0 Å². The van der Waals surface area contributed by atoms with E-state index in [2.05, 4.69) is 4.98 Å². The summed E-state index contributed by atoms with van der Waals surface area (Å²) in [5, 5.41) is 0.241. The lowest BCUT2D eigenvalue weighted by molar-refractivity contribution is -0.138. The number of carbonyl (C=O) groups excluding carboxylic acids is 1. The largest absolute Gasteiger partial charge is 0.456 e. The number of nitrogens with zero attached hydrogens (tertiary/aromatic N) is 1. The lowest BCUT2D eigenvalue weighted by Gasteiger charge is -2.13. The van der Waals surface area contributed by atoms with Crippen molar-refractivity contribution in [1.82, 2.24) is 4.98 Å². The average Bonchev–Trinajstić information content (AvgIpc) is 2.40. The number of hydrogen-bond acceptors (Lipinski definition) is 3. The quantitative estimate of drug-likeness (QED) is 0.606. The van der Waals surface area contributed by atoms with Crippen LogP contribution < -0.4 is 4.74 Å². The van der Waals surface area contributed by atoms with E-state index in [0.717, 1.165) is 19.1 Å². The summed E-state index contributed by atoms with van der Waals surface area (Å²) < 4.78 is 44.1. The number of rotatable bonds is 3. The third-order valence-corrected chi connectivity index (χ3v) is 2.84. The van der Waals surface area contributed by atoms with Crippen LogP contribution in [0.2, 0.25) is 5.15 Å². The maximum atomic E-state index is 12.9.